The molecule has 0 aromatic heterocycles. The SMILES string of the molecule is C.C=C(CCCCCCCCC)C(CCCCCC)CCCCCCCC. The van der Waals surface area contributed by atoms with Crippen LogP contribution in [-0.2, 0) is 0 Å². The molecule has 0 aliphatic carbocycles. The van der Waals surface area contributed by atoms with E-state index in [4.69, 9.17) is 0 Å². The second-order valence-corrected chi connectivity index (χ2v) is 8.63. The smallest absolute Gasteiger partial charge is 0.0206 e. The largest absolute Gasteiger partial charge is 0.0996 e. The van der Waals surface area contributed by atoms with Crippen molar-refractivity contribution in [1.29, 1.82) is 0 Å². The molecule has 0 fully saturated rings. The zero-order chi connectivity index (χ0) is 19.3. The van der Waals surface area contributed by atoms with Crippen molar-refractivity contribution in [2.45, 2.75) is 157 Å². The van der Waals surface area contributed by atoms with Crippen LogP contribution in [0.3, 0.4) is 0 Å². The topological polar surface area (TPSA) is 0 Å². The summed E-state index contributed by atoms with van der Waals surface area (Å²) in [4.78, 5) is 0. The van der Waals surface area contributed by atoms with Crippen LogP contribution in [-0.4, -0.2) is 0 Å². The van der Waals surface area contributed by atoms with Gasteiger partial charge < -0.3 is 0 Å². The fourth-order valence-corrected chi connectivity index (χ4v) is 4.05. The van der Waals surface area contributed by atoms with Crippen molar-refractivity contribution >= 4 is 0 Å². The summed E-state index contributed by atoms with van der Waals surface area (Å²) >= 11 is 0. The quantitative estimate of drug-likeness (QED) is 0.137. The molecule has 0 rings (SSSR count). The zero-order valence-corrected chi connectivity index (χ0v) is 18.9. The number of unbranched alkanes of at least 4 members (excludes halogenated alkanes) is 14. The molecule has 1 atom stereocenters. The van der Waals surface area contributed by atoms with Gasteiger partial charge in [-0.05, 0) is 31.6 Å². The summed E-state index contributed by atoms with van der Waals surface area (Å²) in [5.74, 6) is 0.818. The molecule has 27 heavy (non-hydrogen) atoms. The van der Waals surface area contributed by atoms with Crippen LogP contribution in [0.2, 0.25) is 0 Å². The van der Waals surface area contributed by atoms with Gasteiger partial charge in [0, 0.05) is 0 Å². The summed E-state index contributed by atoms with van der Waals surface area (Å²) in [6.45, 7) is 11.4. The molecule has 0 radical (unpaired) electrons. The second kappa shape index (κ2) is 23.8. The third-order valence-corrected chi connectivity index (χ3v) is 5.99. The van der Waals surface area contributed by atoms with Gasteiger partial charge in [-0.1, -0.05) is 143 Å². The molecule has 0 nitrogen and oxygen atoms in total. The molecule has 0 amide bonds. The lowest BCUT2D eigenvalue weighted by Gasteiger charge is -2.20. The van der Waals surface area contributed by atoms with Crippen LogP contribution in [0, 0.1) is 5.92 Å². The van der Waals surface area contributed by atoms with E-state index < -0.39 is 0 Å². The van der Waals surface area contributed by atoms with Crippen molar-refractivity contribution in [1.82, 2.24) is 0 Å². The standard InChI is InChI=1S/C26H52.CH4/c1-5-8-11-14-16-17-19-22-25(4)26(23-20-13-10-7-3)24-21-18-15-12-9-6-2;/h26H,4-24H2,1-3H3;1H4. The first-order chi connectivity index (χ1) is 12.8. The van der Waals surface area contributed by atoms with Crippen LogP contribution in [0.4, 0.5) is 0 Å². The summed E-state index contributed by atoms with van der Waals surface area (Å²) in [5, 5.41) is 0. The molecule has 0 aliphatic rings. The van der Waals surface area contributed by atoms with Crippen LogP contribution in [0.25, 0.3) is 0 Å². The maximum Gasteiger partial charge on any atom is -0.0206 e. The maximum atomic E-state index is 4.53. The predicted molar refractivity (Wildman–Crippen MR) is 129 cm³/mol. The Balaban J connectivity index is 0. The van der Waals surface area contributed by atoms with E-state index >= 15 is 0 Å². The van der Waals surface area contributed by atoms with Crippen molar-refractivity contribution in [3.63, 3.8) is 0 Å². The molecule has 0 aliphatic heterocycles. The minimum atomic E-state index is 0. The molecule has 0 aromatic rings. The first-order valence-electron chi connectivity index (χ1n) is 12.4. The van der Waals surface area contributed by atoms with E-state index in [1.165, 1.54) is 128 Å². The lowest BCUT2D eigenvalue weighted by molar-refractivity contribution is 0.438. The summed E-state index contributed by atoms with van der Waals surface area (Å²) in [5.41, 5.74) is 1.59. The van der Waals surface area contributed by atoms with Gasteiger partial charge >= 0.3 is 0 Å². The maximum absolute atomic E-state index is 4.53. The van der Waals surface area contributed by atoms with Gasteiger partial charge in [0.15, 0.2) is 0 Å². The Hall–Kier alpha value is -0.260. The second-order valence-electron chi connectivity index (χ2n) is 8.63. The fourth-order valence-electron chi connectivity index (χ4n) is 4.05. The van der Waals surface area contributed by atoms with Crippen molar-refractivity contribution in [3.8, 4) is 0 Å². The molecule has 0 heterocycles. The zero-order valence-electron chi connectivity index (χ0n) is 18.9. The summed E-state index contributed by atoms with van der Waals surface area (Å²) in [6.07, 6.45) is 28.1. The van der Waals surface area contributed by atoms with Gasteiger partial charge in [-0.2, -0.15) is 0 Å². The monoisotopic (exact) mass is 380 g/mol. The highest BCUT2D eigenvalue weighted by molar-refractivity contribution is 5.00. The Kier molecular flexibility index (Phi) is 25.5. The van der Waals surface area contributed by atoms with E-state index in [-0.39, 0.29) is 7.43 Å². The Labute approximate surface area is 175 Å². The molecule has 1 unspecified atom stereocenters. The van der Waals surface area contributed by atoms with Crippen LogP contribution < -0.4 is 0 Å². The fraction of sp³-hybridized carbons (Fsp3) is 0.926. The number of hydrogen-bond acceptors (Lipinski definition) is 0. The van der Waals surface area contributed by atoms with Gasteiger partial charge in [0.05, 0.1) is 0 Å². The Morgan fingerprint density at radius 2 is 0.852 bits per heavy atom. The third kappa shape index (κ3) is 20.3. The number of rotatable bonds is 21. The minimum absolute atomic E-state index is 0. The Morgan fingerprint density at radius 1 is 0.519 bits per heavy atom. The Morgan fingerprint density at radius 3 is 1.30 bits per heavy atom. The van der Waals surface area contributed by atoms with Gasteiger partial charge in [0.1, 0.15) is 0 Å². The first-order valence-corrected chi connectivity index (χ1v) is 12.4. The van der Waals surface area contributed by atoms with Crippen LogP contribution >= 0.6 is 0 Å². The lowest BCUT2D eigenvalue weighted by atomic mass is 9.86. The highest BCUT2D eigenvalue weighted by Crippen LogP contribution is 2.28. The van der Waals surface area contributed by atoms with Crippen molar-refractivity contribution in [2.75, 3.05) is 0 Å². The predicted octanol–water partition coefficient (Wildman–Crippen LogP) is 10.7. The summed E-state index contributed by atoms with van der Waals surface area (Å²) < 4.78 is 0. The molecule has 0 bridgehead atoms. The molecule has 0 aromatic carbocycles. The molecule has 0 spiro atoms. The van der Waals surface area contributed by atoms with Gasteiger partial charge in [0.25, 0.3) is 0 Å². The molecular weight excluding hydrogens is 324 g/mol. The van der Waals surface area contributed by atoms with Crippen LogP contribution in [0.15, 0.2) is 12.2 Å². The lowest BCUT2D eigenvalue weighted by Crippen LogP contribution is -2.05. The van der Waals surface area contributed by atoms with Crippen molar-refractivity contribution in [3.05, 3.63) is 12.2 Å². The average molecular weight is 381 g/mol. The van der Waals surface area contributed by atoms with E-state index in [9.17, 15) is 0 Å². The third-order valence-electron chi connectivity index (χ3n) is 5.99. The van der Waals surface area contributed by atoms with E-state index in [1.54, 1.807) is 5.57 Å². The van der Waals surface area contributed by atoms with Crippen molar-refractivity contribution < 1.29 is 0 Å². The Bertz CT molecular complexity index is 278. The molecule has 0 saturated carbocycles. The van der Waals surface area contributed by atoms with E-state index in [0.29, 0.717) is 0 Å². The molecule has 0 N–H and O–H groups in total. The molecular formula is C27H56. The molecule has 0 heteroatoms. The number of hydrogen-bond donors (Lipinski definition) is 0. The highest BCUT2D eigenvalue weighted by Gasteiger charge is 2.12. The highest BCUT2D eigenvalue weighted by atomic mass is 14.2. The van der Waals surface area contributed by atoms with Gasteiger partial charge in [-0.15, -0.1) is 0 Å². The van der Waals surface area contributed by atoms with E-state index in [1.807, 2.05) is 0 Å². The molecule has 164 valence electrons. The normalized spacial score (nSPS) is 12.0. The molecule has 0 saturated heterocycles. The van der Waals surface area contributed by atoms with Gasteiger partial charge in [-0.25, -0.2) is 0 Å². The number of allylic oxidation sites excluding steroid dienone is 1. The van der Waals surface area contributed by atoms with E-state index in [0.717, 1.165) is 5.92 Å². The van der Waals surface area contributed by atoms with Crippen LogP contribution in [0.5, 0.6) is 0 Å². The average Bonchev–Trinajstić information content (AvgIpc) is 2.65. The van der Waals surface area contributed by atoms with Crippen molar-refractivity contribution in [2.24, 2.45) is 5.92 Å². The summed E-state index contributed by atoms with van der Waals surface area (Å²) in [7, 11) is 0. The van der Waals surface area contributed by atoms with Crippen LogP contribution in [0.1, 0.15) is 157 Å². The van der Waals surface area contributed by atoms with E-state index in [2.05, 4.69) is 27.4 Å². The van der Waals surface area contributed by atoms with Gasteiger partial charge in [0.2, 0.25) is 0 Å². The first kappa shape index (κ1) is 28.9. The van der Waals surface area contributed by atoms with Gasteiger partial charge in [-0.3, -0.25) is 0 Å². The summed E-state index contributed by atoms with van der Waals surface area (Å²) in [6, 6.07) is 0. The minimum Gasteiger partial charge on any atom is -0.0996 e.